The van der Waals surface area contributed by atoms with Gasteiger partial charge in [0, 0.05) is 54.7 Å². The van der Waals surface area contributed by atoms with E-state index in [2.05, 4.69) is 10.2 Å². The van der Waals surface area contributed by atoms with Gasteiger partial charge in [-0.2, -0.15) is 5.10 Å². The fourth-order valence-corrected chi connectivity index (χ4v) is 6.78. The lowest BCUT2D eigenvalue weighted by molar-refractivity contribution is -0.0610. The molecule has 2 amide bonds. The zero-order chi connectivity index (χ0) is 25.1. The summed E-state index contributed by atoms with van der Waals surface area (Å²) < 4.78 is 29.4. The Morgan fingerprint density at radius 3 is 2.50 bits per heavy atom. The number of carbonyl (C=O) groups excluding carboxylic acids is 1. The number of piperidine rings is 1. The van der Waals surface area contributed by atoms with Gasteiger partial charge in [0.1, 0.15) is 5.82 Å². The van der Waals surface area contributed by atoms with E-state index in [1.165, 1.54) is 18.9 Å². The van der Waals surface area contributed by atoms with Gasteiger partial charge in [-0.25, -0.2) is 18.2 Å². The molecule has 1 aromatic heterocycles. The zero-order valence-corrected chi connectivity index (χ0v) is 22.0. The van der Waals surface area contributed by atoms with E-state index in [1.807, 2.05) is 9.80 Å². The third-order valence-electron chi connectivity index (χ3n) is 8.17. The quantitative estimate of drug-likeness (QED) is 0.606. The molecule has 1 N–H and O–H groups in total. The first-order chi connectivity index (χ1) is 17.2. The minimum Gasteiger partial charge on any atom is -0.373 e. The van der Waals surface area contributed by atoms with Crippen LogP contribution < -0.4 is 0 Å². The van der Waals surface area contributed by atoms with Crippen LogP contribution in [0.4, 0.5) is 4.79 Å². The first-order valence-electron chi connectivity index (χ1n) is 12.8. The van der Waals surface area contributed by atoms with Crippen molar-refractivity contribution in [2.45, 2.75) is 68.0 Å². The Morgan fingerprint density at radius 2 is 1.86 bits per heavy atom. The van der Waals surface area contributed by atoms with Gasteiger partial charge in [-0.15, -0.1) is 0 Å². The molecule has 1 aromatic carbocycles. The van der Waals surface area contributed by atoms with Gasteiger partial charge in [-0.1, -0.05) is 17.7 Å². The molecule has 3 heterocycles. The average Bonchev–Trinajstić information content (AvgIpc) is 3.53. The van der Waals surface area contributed by atoms with E-state index >= 15 is 0 Å². The van der Waals surface area contributed by atoms with Crippen LogP contribution in [0.25, 0.3) is 0 Å². The largest absolute Gasteiger partial charge is 0.373 e. The molecule has 2 saturated heterocycles. The predicted molar refractivity (Wildman–Crippen MR) is 134 cm³/mol. The lowest BCUT2D eigenvalue weighted by Crippen LogP contribution is -2.65. The smallest absolute Gasteiger partial charge is 0.320 e. The number of benzene rings is 1. The number of ether oxygens (including phenoxy) is 1. The lowest BCUT2D eigenvalue weighted by atomic mass is 9.57. The van der Waals surface area contributed by atoms with E-state index in [-0.39, 0.29) is 22.4 Å². The summed E-state index contributed by atoms with van der Waals surface area (Å²) in [7, 11) is -3.29. The Morgan fingerprint density at radius 1 is 1.14 bits per heavy atom. The van der Waals surface area contributed by atoms with Gasteiger partial charge in [0.2, 0.25) is 0 Å². The van der Waals surface area contributed by atoms with Crippen LogP contribution in [0.15, 0.2) is 23.1 Å². The monoisotopic (exact) mass is 533 g/mol. The van der Waals surface area contributed by atoms with Crippen LogP contribution in [0.2, 0.25) is 5.02 Å². The molecule has 1 spiro atoms. The SMILES string of the molecule is CS(=O)(=O)c1ccc(COC2CCN(C(=O)N3CC4(CC(c5n[nH]c(C6CC6)n5)C4)C3)CC2)c(Cl)c1. The Bertz CT molecular complexity index is 1250. The molecule has 2 aliphatic heterocycles. The Hall–Kier alpha value is -2.17. The molecule has 0 bridgehead atoms. The Balaban J connectivity index is 0.927. The summed E-state index contributed by atoms with van der Waals surface area (Å²) in [5, 5.41) is 7.94. The number of urea groups is 1. The van der Waals surface area contributed by atoms with Crippen molar-refractivity contribution in [3.8, 4) is 0 Å². The highest BCUT2D eigenvalue weighted by Gasteiger charge is 2.55. The third kappa shape index (κ3) is 4.75. The third-order valence-corrected chi connectivity index (χ3v) is 9.63. The first-order valence-corrected chi connectivity index (χ1v) is 15.0. The number of hydrogen-bond acceptors (Lipinski definition) is 6. The Kier molecular flexibility index (Phi) is 6.04. The molecule has 0 atom stereocenters. The van der Waals surface area contributed by atoms with Crippen LogP contribution >= 0.6 is 11.6 Å². The average molecular weight is 534 g/mol. The molecule has 2 aliphatic carbocycles. The lowest BCUT2D eigenvalue weighted by Gasteiger charge is -2.59. The molecular formula is C25H32ClN5O4S. The van der Waals surface area contributed by atoms with Crippen LogP contribution in [0.1, 0.15) is 67.6 Å². The summed E-state index contributed by atoms with van der Waals surface area (Å²) in [6.07, 6.45) is 7.36. The minimum absolute atomic E-state index is 0.0525. The maximum absolute atomic E-state index is 13.0. The maximum Gasteiger partial charge on any atom is 0.320 e. The number of nitrogens with zero attached hydrogens (tertiary/aromatic N) is 4. The van der Waals surface area contributed by atoms with E-state index in [0.717, 1.165) is 62.2 Å². The first kappa shape index (κ1) is 24.2. The van der Waals surface area contributed by atoms with Crippen molar-refractivity contribution in [2.75, 3.05) is 32.4 Å². The molecule has 0 unspecified atom stereocenters. The predicted octanol–water partition coefficient (Wildman–Crippen LogP) is 3.72. The van der Waals surface area contributed by atoms with E-state index in [4.69, 9.17) is 21.3 Å². The number of aromatic nitrogens is 3. The summed E-state index contributed by atoms with van der Waals surface area (Å²) in [4.78, 5) is 21.8. The van der Waals surface area contributed by atoms with Crippen molar-refractivity contribution in [1.29, 1.82) is 0 Å². The van der Waals surface area contributed by atoms with Crippen molar-refractivity contribution in [3.63, 3.8) is 0 Å². The summed E-state index contributed by atoms with van der Waals surface area (Å²) in [5.74, 6) is 3.03. The van der Waals surface area contributed by atoms with Gasteiger partial charge in [-0.3, -0.25) is 5.10 Å². The van der Waals surface area contributed by atoms with E-state index in [0.29, 0.717) is 36.6 Å². The number of amides is 2. The topological polar surface area (TPSA) is 108 Å². The highest BCUT2D eigenvalue weighted by molar-refractivity contribution is 7.90. The molecular weight excluding hydrogens is 502 g/mol. The van der Waals surface area contributed by atoms with Crippen molar-refractivity contribution in [3.05, 3.63) is 40.4 Å². The molecule has 9 nitrogen and oxygen atoms in total. The second-order valence-electron chi connectivity index (χ2n) is 11.1. The van der Waals surface area contributed by atoms with Gasteiger partial charge in [0.25, 0.3) is 0 Å². The van der Waals surface area contributed by atoms with Crippen molar-refractivity contribution < 1.29 is 17.9 Å². The van der Waals surface area contributed by atoms with Gasteiger partial charge in [0.05, 0.1) is 17.6 Å². The van der Waals surface area contributed by atoms with Crippen molar-refractivity contribution >= 4 is 27.5 Å². The molecule has 0 radical (unpaired) electrons. The standard InChI is InChI=1S/C25H32ClN5O4S/c1-36(33,34)20-5-4-17(21(26)10-20)13-35-19-6-8-30(9-7-19)24(32)31-14-25(15-31)11-18(12-25)23-27-22(28-29-23)16-2-3-16/h4-5,10,16,18-19H,2-3,6-9,11-15H2,1H3,(H,27,28,29). The van der Waals surface area contributed by atoms with Crippen molar-refractivity contribution in [2.24, 2.45) is 5.41 Å². The fourth-order valence-electron chi connectivity index (χ4n) is 5.83. The number of carbonyl (C=O) groups is 1. The van der Waals surface area contributed by atoms with Crippen LogP contribution in [0.3, 0.4) is 0 Å². The number of rotatable bonds is 6. The summed E-state index contributed by atoms with van der Waals surface area (Å²) in [6.45, 7) is 3.35. The van der Waals surface area contributed by atoms with E-state index in [9.17, 15) is 13.2 Å². The molecule has 11 heteroatoms. The number of H-pyrrole nitrogens is 1. The highest BCUT2D eigenvalue weighted by Crippen LogP contribution is 2.55. The van der Waals surface area contributed by atoms with Crippen LogP contribution in [-0.4, -0.2) is 78.0 Å². The summed E-state index contributed by atoms with van der Waals surface area (Å²) >= 11 is 6.26. The Labute approximate surface area is 216 Å². The van der Waals surface area contributed by atoms with Crippen LogP contribution in [-0.2, 0) is 21.2 Å². The molecule has 194 valence electrons. The molecule has 4 fully saturated rings. The van der Waals surface area contributed by atoms with Crippen LogP contribution in [0, 0.1) is 5.41 Å². The normalized spacial score (nSPS) is 22.5. The molecule has 4 aliphatic rings. The molecule has 2 saturated carbocycles. The number of nitrogens with one attached hydrogen (secondary N) is 1. The highest BCUT2D eigenvalue weighted by atomic mass is 35.5. The van der Waals surface area contributed by atoms with Gasteiger partial charge in [-0.05, 0) is 56.2 Å². The number of sulfone groups is 1. The number of hydrogen-bond donors (Lipinski definition) is 1. The van der Waals surface area contributed by atoms with Crippen molar-refractivity contribution in [1.82, 2.24) is 25.0 Å². The van der Waals surface area contributed by atoms with Gasteiger partial charge < -0.3 is 14.5 Å². The second kappa shape index (κ2) is 8.99. The number of likely N-dealkylation sites (tertiary alicyclic amines) is 2. The summed E-state index contributed by atoms with van der Waals surface area (Å²) in [6, 6.07) is 4.87. The molecule has 2 aromatic rings. The van der Waals surface area contributed by atoms with Gasteiger partial charge >= 0.3 is 6.03 Å². The second-order valence-corrected chi connectivity index (χ2v) is 13.5. The fraction of sp³-hybridized carbons (Fsp3) is 0.640. The maximum atomic E-state index is 13.0. The van der Waals surface area contributed by atoms with E-state index in [1.54, 1.807) is 12.1 Å². The molecule has 36 heavy (non-hydrogen) atoms. The minimum atomic E-state index is -3.29. The molecule has 6 rings (SSSR count). The van der Waals surface area contributed by atoms with Gasteiger partial charge in [0.15, 0.2) is 15.7 Å². The summed E-state index contributed by atoms with van der Waals surface area (Å²) in [5.41, 5.74) is 1.02. The van der Waals surface area contributed by atoms with E-state index < -0.39 is 9.84 Å². The number of aromatic amines is 1. The number of halogens is 1. The van der Waals surface area contributed by atoms with Crippen LogP contribution in [0.5, 0.6) is 0 Å². The zero-order valence-electron chi connectivity index (χ0n) is 20.5.